The Morgan fingerprint density at radius 3 is 2.60 bits per heavy atom. The predicted octanol–water partition coefficient (Wildman–Crippen LogP) is 2.28. The van der Waals surface area contributed by atoms with Crippen LogP contribution in [0.1, 0.15) is 26.7 Å². The van der Waals surface area contributed by atoms with Gasteiger partial charge in [0.05, 0.1) is 5.60 Å². The lowest BCUT2D eigenvalue weighted by molar-refractivity contribution is 0.103. The van der Waals surface area contributed by atoms with Gasteiger partial charge < -0.3 is 5.11 Å². The zero-order valence-corrected chi connectivity index (χ0v) is 6.80. The van der Waals surface area contributed by atoms with Crippen molar-refractivity contribution in [2.75, 3.05) is 0 Å². The van der Waals surface area contributed by atoms with Gasteiger partial charge in [0, 0.05) is 0 Å². The molecule has 0 fully saturated rings. The minimum absolute atomic E-state index is 0.695. The summed E-state index contributed by atoms with van der Waals surface area (Å²) < 4.78 is 0. The summed E-state index contributed by atoms with van der Waals surface area (Å²) in [5.41, 5.74) is -0.695. The summed E-state index contributed by atoms with van der Waals surface area (Å²) in [7, 11) is 0. The Hall–Kier alpha value is -0.560. The van der Waals surface area contributed by atoms with E-state index in [0.717, 1.165) is 12.8 Å². The SMILES string of the molecule is C=C[C@@](C)(O)CC/C=C/C. The van der Waals surface area contributed by atoms with Crippen molar-refractivity contribution in [1.29, 1.82) is 0 Å². The van der Waals surface area contributed by atoms with Crippen LogP contribution in [0.25, 0.3) is 0 Å². The molecule has 0 aliphatic rings. The average molecular weight is 140 g/mol. The highest BCUT2D eigenvalue weighted by atomic mass is 16.3. The highest BCUT2D eigenvalue weighted by Crippen LogP contribution is 2.12. The Balaban J connectivity index is 3.56. The first-order valence-electron chi connectivity index (χ1n) is 3.59. The summed E-state index contributed by atoms with van der Waals surface area (Å²) in [4.78, 5) is 0. The highest BCUT2D eigenvalue weighted by Gasteiger charge is 2.12. The van der Waals surface area contributed by atoms with E-state index in [1.54, 1.807) is 13.0 Å². The number of allylic oxidation sites excluding steroid dienone is 2. The molecule has 0 aromatic carbocycles. The molecule has 1 atom stereocenters. The van der Waals surface area contributed by atoms with E-state index < -0.39 is 5.60 Å². The number of aliphatic hydroxyl groups is 1. The summed E-state index contributed by atoms with van der Waals surface area (Å²) >= 11 is 0. The molecule has 10 heavy (non-hydrogen) atoms. The monoisotopic (exact) mass is 140 g/mol. The molecule has 0 amide bonds. The molecule has 1 heteroatoms. The van der Waals surface area contributed by atoms with E-state index in [0.29, 0.717) is 0 Å². The molecule has 0 aromatic heterocycles. The van der Waals surface area contributed by atoms with Gasteiger partial charge in [-0.05, 0) is 26.7 Å². The molecule has 0 spiro atoms. The largest absolute Gasteiger partial charge is 0.386 e. The van der Waals surface area contributed by atoms with Crippen LogP contribution in [0.15, 0.2) is 24.8 Å². The van der Waals surface area contributed by atoms with E-state index >= 15 is 0 Å². The van der Waals surface area contributed by atoms with Crippen LogP contribution in [0.2, 0.25) is 0 Å². The molecule has 0 aromatic rings. The van der Waals surface area contributed by atoms with Crippen LogP contribution in [-0.4, -0.2) is 10.7 Å². The van der Waals surface area contributed by atoms with E-state index in [1.165, 1.54) is 0 Å². The fraction of sp³-hybridized carbons (Fsp3) is 0.556. The first kappa shape index (κ1) is 9.44. The molecule has 0 radical (unpaired) electrons. The van der Waals surface area contributed by atoms with Crippen molar-refractivity contribution in [3.8, 4) is 0 Å². The lowest BCUT2D eigenvalue weighted by Gasteiger charge is -2.16. The summed E-state index contributed by atoms with van der Waals surface area (Å²) in [6.07, 6.45) is 7.27. The Morgan fingerprint density at radius 2 is 2.20 bits per heavy atom. The van der Waals surface area contributed by atoms with Crippen molar-refractivity contribution in [1.82, 2.24) is 0 Å². The van der Waals surface area contributed by atoms with Crippen LogP contribution in [0.3, 0.4) is 0 Å². The average Bonchev–Trinajstić information content (AvgIpc) is 1.89. The molecule has 0 unspecified atom stereocenters. The normalized spacial score (nSPS) is 17.1. The molecular formula is C9H16O. The van der Waals surface area contributed by atoms with Crippen molar-refractivity contribution < 1.29 is 5.11 Å². The molecule has 0 aliphatic carbocycles. The molecule has 0 saturated carbocycles. The van der Waals surface area contributed by atoms with Crippen molar-refractivity contribution >= 4 is 0 Å². The smallest absolute Gasteiger partial charge is 0.0800 e. The van der Waals surface area contributed by atoms with Crippen LogP contribution in [0.5, 0.6) is 0 Å². The first-order chi connectivity index (χ1) is 4.62. The minimum Gasteiger partial charge on any atom is -0.386 e. The summed E-state index contributed by atoms with van der Waals surface area (Å²) in [5, 5.41) is 9.40. The maximum Gasteiger partial charge on any atom is 0.0800 e. The van der Waals surface area contributed by atoms with Gasteiger partial charge in [-0.2, -0.15) is 0 Å². The zero-order chi connectivity index (χ0) is 8.04. The topological polar surface area (TPSA) is 20.2 Å². The van der Waals surface area contributed by atoms with Gasteiger partial charge in [-0.25, -0.2) is 0 Å². The number of hydrogen-bond acceptors (Lipinski definition) is 1. The van der Waals surface area contributed by atoms with Crippen molar-refractivity contribution in [3.63, 3.8) is 0 Å². The summed E-state index contributed by atoms with van der Waals surface area (Å²) in [5.74, 6) is 0. The fourth-order valence-electron chi connectivity index (χ4n) is 0.644. The third kappa shape index (κ3) is 4.33. The molecule has 58 valence electrons. The Labute approximate surface area is 63.1 Å². The van der Waals surface area contributed by atoms with Gasteiger partial charge in [0.25, 0.3) is 0 Å². The molecular weight excluding hydrogens is 124 g/mol. The van der Waals surface area contributed by atoms with Gasteiger partial charge in [-0.15, -0.1) is 6.58 Å². The van der Waals surface area contributed by atoms with Crippen LogP contribution in [0.4, 0.5) is 0 Å². The third-order valence-corrected chi connectivity index (χ3v) is 1.49. The second-order valence-electron chi connectivity index (χ2n) is 2.67. The second kappa shape index (κ2) is 4.29. The van der Waals surface area contributed by atoms with Crippen LogP contribution < -0.4 is 0 Å². The minimum atomic E-state index is -0.695. The number of hydrogen-bond donors (Lipinski definition) is 1. The first-order valence-corrected chi connectivity index (χ1v) is 3.59. The van der Waals surface area contributed by atoms with E-state index in [9.17, 15) is 5.11 Å². The molecule has 0 rings (SSSR count). The van der Waals surface area contributed by atoms with Crippen molar-refractivity contribution in [2.24, 2.45) is 0 Å². The Kier molecular flexibility index (Phi) is 4.05. The molecule has 0 aliphatic heterocycles. The molecule has 0 heterocycles. The fourth-order valence-corrected chi connectivity index (χ4v) is 0.644. The second-order valence-corrected chi connectivity index (χ2v) is 2.67. The number of rotatable bonds is 4. The molecule has 1 nitrogen and oxygen atoms in total. The van der Waals surface area contributed by atoms with Crippen LogP contribution in [0, 0.1) is 0 Å². The highest BCUT2D eigenvalue weighted by molar-refractivity contribution is 4.93. The molecule has 0 saturated heterocycles. The molecule has 1 N–H and O–H groups in total. The maximum atomic E-state index is 9.40. The van der Waals surface area contributed by atoms with Crippen LogP contribution in [-0.2, 0) is 0 Å². The van der Waals surface area contributed by atoms with Crippen LogP contribution >= 0.6 is 0 Å². The maximum absolute atomic E-state index is 9.40. The zero-order valence-electron chi connectivity index (χ0n) is 6.80. The van der Waals surface area contributed by atoms with Gasteiger partial charge in [-0.1, -0.05) is 18.2 Å². The van der Waals surface area contributed by atoms with E-state index in [-0.39, 0.29) is 0 Å². The summed E-state index contributed by atoms with van der Waals surface area (Å²) in [6, 6.07) is 0. The Morgan fingerprint density at radius 1 is 1.60 bits per heavy atom. The summed E-state index contributed by atoms with van der Waals surface area (Å²) in [6.45, 7) is 7.28. The van der Waals surface area contributed by atoms with Gasteiger partial charge in [0.15, 0.2) is 0 Å². The Bertz CT molecular complexity index is 123. The van der Waals surface area contributed by atoms with Crippen molar-refractivity contribution in [3.05, 3.63) is 24.8 Å². The quantitative estimate of drug-likeness (QED) is 0.594. The van der Waals surface area contributed by atoms with Gasteiger partial charge in [-0.3, -0.25) is 0 Å². The predicted molar refractivity (Wildman–Crippen MR) is 44.9 cm³/mol. The lowest BCUT2D eigenvalue weighted by Crippen LogP contribution is -2.19. The lowest BCUT2D eigenvalue weighted by atomic mass is 10.0. The van der Waals surface area contributed by atoms with Gasteiger partial charge in [0.2, 0.25) is 0 Å². The van der Waals surface area contributed by atoms with E-state index in [2.05, 4.69) is 6.58 Å². The van der Waals surface area contributed by atoms with E-state index in [4.69, 9.17) is 0 Å². The van der Waals surface area contributed by atoms with Crippen molar-refractivity contribution in [2.45, 2.75) is 32.3 Å². The molecule has 0 bridgehead atoms. The van der Waals surface area contributed by atoms with Gasteiger partial charge >= 0.3 is 0 Å². The van der Waals surface area contributed by atoms with Gasteiger partial charge in [0.1, 0.15) is 0 Å². The third-order valence-electron chi connectivity index (χ3n) is 1.49. The standard InChI is InChI=1S/C9H16O/c1-4-6-7-8-9(3,10)5-2/h4-6,10H,2,7-8H2,1,3H3/b6-4+/t9-/m1/s1. The van der Waals surface area contributed by atoms with E-state index in [1.807, 2.05) is 19.1 Å².